The Bertz CT molecular complexity index is 791. The summed E-state index contributed by atoms with van der Waals surface area (Å²) in [5, 5.41) is 11.7. The van der Waals surface area contributed by atoms with Gasteiger partial charge in [0.15, 0.2) is 5.76 Å². The van der Waals surface area contributed by atoms with Crippen LogP contribution in [-0.2, 0) is 11.4 Å². The van der Waals surface area contributed by atoms with E-state index in [0.29, 0.717) is 5.76 Å². The molecule has 132 valence electrons. The van der Waals surface area contributed by atoms with Gasteiger partial charge in [0.05, 0.1) is 0 Å². The van der Waals surface area contributed by atoms with E-state index < -0.39 is 17.9 Å². The van der Waals surface area contributed by atoms with E-state index in [0.717, 1.165) is 29.7 Å². The minimum absolute atomic E-state index is 0.0173. The summed E-state index contributed by atoms with van der Waals surface area (Å²) in [6, 6.07) is 8.22. The number of rotatable bonds is 7. The largest absolute Gasteiger partial charge is 0.485 e. The molecule has 1 aliphatic carbocycles. The van der Waals surface area contributed by atoms with Gasteiger partial charge in [-0.25, -0.2) is 4.79 Å². The second-order valence-corrected chi connectivity index (χ2v) is 6.45. The average Bonchev–Trinajstić information content (AvgIpc) is 3.28. The van der Waals surface area contributed by atoms with Gasteiger partial charge in [0.1, 0.15) is 24.2 Å². The number of carbonyl (C=O) groups is 2. The molecule has 25 heavy (non-hydrogen) atoms. The van der Waals surface area contributed by atoms with Gasteiger partial charge in [-0.05, 0) is 56.4 Å². The Balaban J connectivity index is 1.59. The lowest BCUT2D eigenvalue weighted by Crippen LogP contribution is -2.42. The van der Waals surface area contributed by atoms with E-state index in [9.17, 15) is 14.7 Å². The third kappa shape index (κ3) is 4.21. The first-order valence-corrected chi connectivity index (χ1v) is 8.26. The second-order valence-electron chi connectivity index (χ2n) is 6.45. The predicted molar refractivity (Wildman–Crippen MR) is 90.6 cm³/mol. The molecule has 1 heterocycles. The molecule has 1 unspecified atom stereocenters. The number of nitrogens with one attached hydrogen (secondary N) is 1. The summed E-state index contributed by atoms with van der Waals surface area (Å²) in [5.74, 6) is -0.163. The minimum Gasteiger partial charge on any atom is -0.485 e. The monoisotopic (exact) mass is 343 g/mol. The van der Waals surface area contributed by atoms with Crippen LogP contribution in [0.2, 0.25) is 0 Å². The van der Waals surface area contributed by atoms with Crippen LogP contribution < -0.4 is 10.1 Å². The van der Waals surface area contributed by atoms with Crippen molar-refractivity contribution in [3.63, 3.8) is 0 Å². The van der Waals surface area contributed by atoms with Crippen molar-refractivity contribution in [3.05, 3.63) is 53.0 Å². The molecule has 1 amide bonds. The maximum Gasteiger partial charge on any atom is 0.326 e. The number of furan rings is 1. The molecule has 1 aromatic carbocycles. The van der Waals surface area contributed by atoms with Crippen LogP contribution in [0.1, 0.15) is 40.3 Å². The van der Waals surface area contributed by atoms with E-state index in [2.05, 4.69) is 5.32 Å². The molecule has 1 aliphatic rings. The highest BCUT2D eigenvalue weighted by atomic mass is 16.5. The van der Waals surface area contributed by atoms with Gasteiger partial charge in [-0.3, -0.25) is 4.79 Å². The lowest BCUT2D eigenvalue weighted by atomic mass is 10.1. The lowest BCUT2D eigenvalue weighted by molar-refractivity contribution is -0.139. The van der Waals surface area contributed by atoms with Gasteiger partial charge in [0.25, 0.3) is 5.91 Å². The summed E-state index contributed by atoms with van der Waals surface area (Å²) >= 11 is 0. The summed E-state index contributed by atoms with van der Waals surface area (Å²) in [5.41, 5.74) is 2.18. The molecule has 1 atom stereocenters. The van der Waals surface area contributed by atoms with Gasteiger partial charge in [-0.15, -0.1) is 0 Å². The third-order valence-electron chi connectivity index (χ3n) is 4.23. The Morgan fingerprint density at radius 2 is 2.04 bits per heavy atom. The number of carboxylic acid groups (broad SMARTS) is 1. The normalized spacial score (nSPS) is 14.8. The molecule has 0 saturated heterocycles. The zero-order chi connectivity index (χ0) is 18.0. The number of aliphatic carboxylic acids is 1. The van der Waals surface area contributed by atoms with Gasteiger partial charge in [0, 0.05) is 0 Å². The Kier molecular flexibility index (Phi) is 4.79. The van der Waals surface area contributed by atoms with Crippen LogP contribution in [0.25, 0.3) is 0 Å². The van der Waals surface area contributed by atoms with Crippen LogP contribution in [0.4, 0.5) is 0 Å². The fourth-order valence-corrected chi connectivity index (χ4v) is 2.71. The van der Waals surface area contributed by atoms with Gasteiger partial charge in [-0.2, -0.15) is 0 Å². The molecule has 2 aromatic rings. The van der Waals surface area contributed by atoms with Crippen LogP contribution in [0.3, 0.4) is 0 Å². The van der Waals surface area contributed by atoms with Gasteiger partial charge in [0.2, 0.25) is 0 Å². The Morgan fingerprint density at radius 3 is 2.68 bits per heavy atom. The molecule has 6 nitrogen and oxygen atoms in total. The summed E-state index contributed by atoms with van der Waals surface area (Å²) in [6.07, 6.45) is 1.65. The third-order valence-corrected chi connectivity index (χ3v) is 4.23. The molecular formula is C19H21NO5. The molecule has 2 N–H and O–H groups in total. The summed E-state index contributed by atoms with van der Waals surface area (Å²) in [7, 11) is 0. The standard InChI is InChI=1S/C19H21NO5/c1-11-3-7-15(12(2)9-11)24-10-14-6-8-16(25-14)18(21)20-17(19(22)23)13-4-5-13/h3,6-9,13,17H,4-5,10H2,1-2H3,(H,20,21)(H,22,23). The summed E-state index contributed by atoms with van der Waals surface area (Å²) < 4.78 is 11.2. The number of benzene rings is 1. The highest BCUT2D eigenvalue weighted by Crippen LogP contribution is 2.33. The first kappa shape index (κ1) is 17.1. The number of aryl methyl sites for hydroxylation is 2. The highest BCUT2D eigenvalue weighted by Gasteiger charge is 2.37. The van der Waals surface area contributed by atoms with Crippen LogP contribution >= 0.6 is 0 Å². The number of ether oxygens (including phenoxy) is 1. The molecule has 0 aliphatic heterocycles. The van der Waals surface area contributed by atoms with Crippen molar-refractivity contribution < 1.29 is 23.8 Å². The summed E-state index contributed by atoms with van der Waals surface area (Å²) in [6.45, 7) is 4.18. The van der Waals surface area contributed by atoms with Crippen LogP contribution in [0.15, 0.2) is 34.7 Å². The number of amides is 1. The van der Waals surface area contributed by atoms with Crippen molar-refractivity contribution in [2.75, 3.05) is 0 Å². The maximum atomic E-state index is 12.2. The van der Waals surface area contributed by atoms with E-state index in [4.69, 9.17) is 9.15 Å². The molecular weight excluding hydrogens is 322 g/mol. The summed E-state index contributed by atoms with van der Waals surface area (Å²) in [4.78, 5) is 23.4. The van der Waals surface area contributed by atoms with Crippen molar-refractivity contribution in [2.24, 2.45) is 5.92 Å². The van der Waals surface area contributed by atoms with E-state index in [1.807, 2.05) is 32.0 Å². The number of hydrogen-bond acceptors (Lipinski definition) is 4. The predicted octanol–water partition coefficient (Wildman–Crippen LogP) is 3.07. The SMILES string of the molecule is Cc1ccc(OCc2ccc(C(=O)NC(C(=O)O)C3CC3)o2)c(C)c1. The van der Waals surface area contributed by atoms with Crippen molar-refractivity contribution in [1.82, 2.24) is 5.32 Å². The van der Waals surface area contributed by atoms with Crippen LogP contribution in [-0.4, -0.2) is 23.0 Å². The van der Waals surface area contributed by atoms with E-state index in [1.54, 1.807) is 6.07 Å². The van der Waals surface area contributed by atoms with Crippen LogP contribution in [0.5, 0.6) is 5.75 Å². The van der Waals surface area contributed by atoms with E-state index in [-0.39, 0.29) is 18.3 Å². The van der Waals surface area contributed by atoms with E-state index >= 15 is 0 Å². The minimum atomic E-state index is -1.01. The molecule has 6 heteroatoms. The van der Waals surface area contributed by atoms with Crippen molar-refractivity contribution in [1.29, 1.82) is 0 Å². The number of carbonyl (C=O) groups excluding carboxylic acids is 1. The van der Waals surface area contributed by atoms with Crippen molar-refractivity contribution in [3.8, 4) is 5.75 Å². The molecule has 1 aromatic heterocycles. The smallest absolute Gasteiger partial charge is 0.326 e. The molecule has 0 bridgehead atoms. The Morgan fingerprint density at radius 1 is 1.28 bits per heavy atom. The topological polar surface area (TPSA) is 88.8 Å². The van der Waals surface area contributed by atoms with Crippen molar-refractivity contribution in [2.45, 2.75) is 39.3 Å². The molecule has 0 radical (unpaired) electrons. The van der Waals surface area contributed by atoms with Gasteiger partial charge >= 0.3 is 5.97 Å². The Hall–Kier alpha value is -2.76. The molecule has 0 spiro atoms. The first-order valence-electron chi connectivity index (χ1n) is 8.26. The van der Waals surface area contributed by atoms with Crippen molar-refractivity contribution >= 4 is 11.9 Å². The fraction of sp³-hybridized carbons (Fsp3) is 0.368. The quantitative estimate of drug-likeness (QED) is 0.806. The highest BCUT2D eigenvalue weighted by molar-refractivity contribution is 5.94. The Labute approximate surface area is 145 Å². The zero-order valence-corrected chi connectivity index (χ0v) is 14.2. The molecule has 1 fully saturated rings. The molecule has 3 rings (SSSR count). The molecule has 1 saturated carbocycles. The zero-order valence-electron chi connectivity index (χ0n) is 14.2. The average molecular weight is 343 g/mol. The first-order chi connectivity index (χ1) is 11.9. The fourth-order valence-electron chi connectivity index (χ4n) is 2.71. The number of hydrogen-bond donors (Lipinski definition) is 2. The van der Waals surface area contributed by atoms with Gasteiger partial charge < -0.3 is 19.6 Å². The lowest BCUT2D eigenvalue weighted by Gasteiger charge is -2.12. The van der Waals surface area contributed by atoms with Crippen LogP contribution in [0, 0.1) is 19.8 Å². The number of carboxylic acids is 1. The maximum absolute atomic E-state index is 12.2. The van der Waals surface area contributed by atoms with Gasteiger partial charge in [-0.1, -0.05) is 17.7 Å². The van der Waals surface area contributed by atoms with E-state index in [1.165, 1.54) is 6.07 Å². The second kappa shape index (κ2) is 7.01.